The topological polar surface area (TPSA) is 57.5 Å². The molecule has 3 nitrogen and oxygen atoms in total. The number of aliphatic hydroxyl groups is 2. The first-order valence-electron chi connectivity index (χ1n) is 8.50. The van der Waals surface area contributed by atoms with Gasteiger partial charge in [0.2, 0.25) is 0 Å². The number of ketones is 1. The van der Waals surface area contributed by atoms with Crippen molar-refractivity contribution < 1.29 is 15.0 Å². The summed E-state index contributed by atoms with van der Waals surface area (Å²) in [6.07, 6.45) is -0.638. The molecule has 2 N–H and O–H groups in total. The molecule has 0 aromatic heterocycles. The van der Waals surface area contributed by atoms with Crippen molar-refractivity contribution in [3.05, 3.63) is 71.8 Å². The van der Waals surface area contributed by atoms with E-state index in [-0.39, 0.29) is 11.7 Å². The third-order valence-corrected chi connectivity index (χ3v) is 4.40. The predicted octanol–water partition coefficient (Wildman–Crippen LogP) is 3.50. The van der Waals surface area contributed by atoms with E-state index in [1.54, 1.807) is 24.3 Å². The zero-order chi connectivity index (χ0) is 17.5. The van der Waals surface area contributed by atoms with E-state index in [0.717, 1.165) is 5.56 Å². The van der Waals surface area contributed by atoms with Gasteiger partial charge >= 0.3 is 0 Å². The van der Waals surface area contributed by atoms with Crippen LogP contribution in [0.25, 0.3) is 0 Å². The fourth-order valence-corrected chi connectivity index (χ4v) is 2.91. The van der Waals surface area contributed by atoms with Crippen molar-refractivity contribution in [1.82, 2.24) is 0 Å². The van der Waals surface area contributed by atoms with Gasteiger partial charge in [-0.2, -0.15) is 0 Å². The smallest absolute Gasteiger partial charge is 0.171 e. The monoisotopic (exact) mass is 326 g/mol. The molecule has 0 bridgehead atoms. The highest BCUT2D eigenvalue weighted by atomic mass is 16.3. The van der Waals surface area contributed by atoms with E-state index < -0.39 is 18.1 Å². The van der Waals surface area contributed by atoms with E-state index in [1.165, 1.54) is 0 Å². The average Bonchev–Trinajstić information content (AvgIpc) is 2.61. The minimum absolute atomic E-state index is 0.103. The third kappa shape index (κ3) is 4.76. The zero-order valence-corrected chi connectivity index (χ0v) is 14.3. The van der Waals surface area contributed by atoms with Crippen LogP contribution in [0.1, 0.15) is 36.2 Å². The highest BCUT2D eigenvalue weighted by Crippen LogP contribution is 2.24. The van der Waals surface area contributed by atoms with E-state index >= 15 is 0 Å². The highest BCUT2D eigenvalue weighted by Gasteiger charge is 2.35. The molecule has 0 aliphatic carbocycles. The first kappa shape index (κ1) is 18.4. The first-order chi connectivity index (χ1) is 11.5. The second-order valence-corrected chi connectivity index (χ2v) is 6.58. The molecule has 0 aliphatic rings. The molecule has 0 unspecified atom stereocenters. The Morgan fingerprint density at radius 1 is 0.917 bits per heavy atom. The number of rotatable bonds is 8. The molecule has 2 aromatic carbocycles. The molecule has 0 saturated heterocycles. The molecular formula is C21H26O3. The SMILES string of the molecule is CC(C)[C@@H](O)[C@H](C(=O)c1ccccc1)[C@@H](O)CCc1ccccc1. The van der Waals surface area contributed by atoms with Gasteiger partial charge in [-0.05, 0) is 24.3 Å². The fourth-order valence-electron chi connectivity index (χ4n) is 2.91. The number of Topliss-reactive ketones (excluding diaryl/α,β-unsaturated/α-hetero) is 1. The van der Waals surface area contributed by atoms with Crippen molar-refractivity contribution in [1.29, 1.82) is 0 Å². The van der Waals surface area contributed by atoms with Crippen molar-refractivity contribution in [3.8, 4) is 0 Å². The van der Waals surface area contributed by atoms with Crippen LogP contribution in [0.2, 0.25) is 0 Å². The maximum absolute atomic E-state index is 12.8. The van der Waals surface area contributed by atoms with Crippen molar-refractivity contribution >= 4 is 5.78 Å². The maximum Gasteiger partial charge on any atom is 0.171 e. The van der Waals surface area contributed by atoms with Crippen LogP contribution in [-0.4, -0.2) is 28.2 Å². The molecule has 0 fully saturated rings. The van der Waals surface area contributed by atoms with Gasteiger partial charge in [-0.1, -0.05) is 74.5 Å². The Balaban J connectivity index is 2.14. The molecule has 0 radical (unpaired) electrons. The van der Waals surface area contributed by atoms with Gasteiger partial charge in [-0.25, -0.2) is 0 Å². The zero-order valence-electron chi connectivity index (χ0n) is 14.3. The number of carbonyl (C=O) groups is 1. The number of hydrogen-bond donors (Lipinski definition) is 2. The summed E-state index contributed by atoms with van der Waals surface area (Å²) in [6.45, 7) is 3.72. The summed E-state index contributed by atoms with van der Waals surface area (Å²) in [7, 11) is 0. The van der Waals surface area contributed by atoms with Crippen LogP contribution in [0.4, 0.5) is 0 Å². The van der Waals surface area contributed by atoms with Crippen LogP contribution in [0.15, 0.2) is 60.7 Å². The molecule has 24 heavy (non-hydrogen) atoms. The Morgan fingerprint density at radius 3 is 2.00 bits per heavy atom. The van der Waals surface area contributed by atoms with E-state index in [4.69, 9.17) is 0 Å². The van der Waals surface area contributed by atoms with Gasteiger partial charge in [0.1, 0.15) is 0 Å². The van der Waals surface area contributed by atoms with Gasteiger partial charge in [0, 0.05) is 5.56 Å². The molecule has 3 atom stereocenters. The second kappa shape index (κ2) is 8.76. The summed E-state index contributed by atoms with van der Waals surface area (Å²) in [4.78, 5) is 12.8. The predicted molar refractivity (Wildman–Crippen MR) is 95.9 cm³/mol. The first-order valence-corrected chi connectivity index (χ1v) is 8.50. The number of benzene rings is 2. The summed E-state index contributed by atoms with van der Waals surface area (Å²) >= 11 is 0. The van der Waals surface area contributed by atoms with Gasteiger partial charge in [0.25, 0.3) is 0 Å². The van der Waals surface area contributed by atoms with Crippen LogP contribution < -0.4 is 0 Å². The minimum atomic E-state index is -0.879. The average molecular weight is 326 g/mol. The van der Waals surface area contributed by atoms with Gasteiger partial charge < -0.3 is 10.2 Å². The lowest BCUT2D eigenvalue weighted by Gasteiger charge is -2.29. The molecule has 0 saturated carbocycles. The maximum atomic E-state index is 12.8. The molecule has 0 heterocycles. The molecule has 0 spiro atoms. The van der Waals surface area contributed by atoms with E-state index in [1.807, 2.05) is 50.2 Å². The largest absolute Gasteiger partial charge is 0.392 e. The normalized spacial score (nSPS) is 15.0. The molecular weight excluding hydrogens is 300 g/mol. The Bertz CT molecular complexity index is 622. The lowest BCUT2D eigenvalue weighted by molar-refractivity contribution is -0.00496. The van der Waals surface area contributed by atoms with E-state index in [9.17, 15) is 15.0 Å². The molecule has 0 amide bonds. The molecule has 128 valence electrons. The molecule has 0 aliphatic heterocycles. The summed E-state index contributed by atoms with van der Waals surface area (Å²) < 4.78 is 0. The Morgan fingerprint density at radius 2 is 1.46 bits per heavy atom. The number of hydrogen-bond acceptors (Lipinski definition) is 3. The number of aliphatic hydroxyl groups excluding tert-OH is 2. The van der Waals surface area contributed by atoms with Crippen LogP contribution in [0, 0.1) is 11.8 Å². The van der Waals surface area contributed by atoms with Crippen LogP contribution >= 0.6 is 0 Å². The van der Waals surface area contributed by atoms with E-state index in [2.05, 4.69) is 0 Å². The van der Waals surface area contributed by atoms with Crippen LogP contribution in [0.3, 0.4) is 0 Å². The summed E-state index contributed by atoms with van der Waals surface area (Å²) in [5.41, 5.74) is 1.64. The summed E-state index contributed by atoms with van der Waals surface area (Å²) in [6, 6.07) is 18.7. The fraction of sp³-hybridized carbons (Fsp3) is 0.381. The standard InChI is InChI=1S/C21H26O3/c1-15(2)20(23)19(21(24)17-11-7-4-8-12-17)18(22)14-13-16-9-5-3-6-10-16/h3-12,15,18-20,22-23H,13-14H2,1-2H3/t18-,19+,20+/m0/s1. The van der Waals surface area contributed by atoms with Crippen molar-refractivity contribution in [2.75, 3.05) is 0 Å². The lowest BCUT2D eigenvalue weighted by atomic mass is 9.81. The Labute approximate surface area is 144 Å². The molecule has 3 heteroatoms. The van der Waals surface area contributed by atoms with Crippen molar-refractivity contribution in [3.63, 3.8) is 0 Å². The quantitative estimate of drug-likeness (QED) is 0.730. The van der Waals surface area contributed by atoms with Crippen molar-refractivity contribution in [2.24, 2.45) is 11.8 Å². The van der Waals surface area contributed by atoms with Crippen molar-refractivity contribution in [2.45, 2.75) is 38.9 Å². The van der Waals surface area contributed by atoms with E-state index in [0.29, 0.717) is 18.4 Å². The molecule has 2 rings (SSSR count). The summed E-state index contributed by atoms with van der Waals surface area (Å²) in [5.74, 6) is -1.11. The summed E-state index contributed by atoms with van der Waals surface area (Å²) in [5, 5.41) is 21.1. The Hall–Kier alpha value is -1.97. The minimum Gasteiger partial charge on any atom is -0.392 e. The number of aryl methyl sites for hydroxylation is 1. The van der Waals surface area contributed by atoms with Gasteiger partial charge in [0.15, 0.2) is 5.78 Å². The second-order valence-electron chi connectivity index (χ2n) is 6.58. The number of carbonyl (C=O) groups excluding carboxylic acids is 1. The lowest BCUT2D eigenvalue weighted by Crippen LogP contribution is -2.41. The van der Waals surface area contributed by atoms with Gasteiger partial charge in [-0.3, -0.25) is 4.79 Å². The van der Waals surface area contributed by atoms with Gasteiger partial charge in [-0.15, -0.1) is 0 Å². The van der Waals surface area contributed by atoms with Gasteiger partial charge in [0.05, 0.1) is 18.1 Å². The van der Waals surface area contributed by atoms with Crippen LogP contribution in [-0.2, 0) is 6.42 Å². The van der Waals surface area contributed by atoms with Crippen LogP contribution in [0.5, 0.6) is 0 Å². The third-order valence-electron chi connectivity index (χ3n) is 4.40. The highest BCUT2D eigenvalue weighted by molar-refractivity contribution is 5.98. The Kier molecular flexibility index (Phi) is 6.71. The molecule has 2 aromatic rings.